The van der Waals surface area contributed by atoms with Crippen LogP contribution in [0.25, 0.3) is 0 Å². The van der Waals surface area contributed by atoms with E-state index >= 15 is 0 Å². The molecular formula is C10H16O2. The lowest BCUT2D eigenvalue weighted by Gasteiger charge is -1.94. The van der Waals surface area contributed by atoms with Crippen molar-refractivity contribution in [3.8, 4) is 0 Å². The fraction of sp³-hybridized carbons (Fsp3) is 0.600. The van der Waals surface area contributed by atoms with Gasteiger partial charge in [-0.05, 0) is 33.1 Å². The van der Waals surface area contributed by atoms with E-state index in [2.05, 4.69) is 19.9 Å². The van der Waals surface area contributed by atoms with Crippen LogP contribution >= 0.6 is 0 Å². The molecule has 68 valence electrons. The van der Waals surface area contributed by atoms with E-state index in [0.29, 0.717) is 12.7 Å². The number of hydrogen-bond donors (Lipinski definition) is 0. The third-order valence-corrected chi connectivity index (χ3v) is 1.56. The second-order valence-corrected chi connectivity index (χ2v) is 3.11. The van der Waals surface area contributed by atoms with Gasteiger partial charge in [0.05, 0.1) is 0 Å². The number of carbonyl (C=O) groups excluding carboxylic acids is 2. The van der Waals surface area contributed by atoms with Crippen LogP contribution in [0, 0.1) is 0 Å². The third-order valence-electron chi connectivity index (χ3n) is 1.56. The van der Waals surface area contributed by atoms with E-state index < -0.39 is 0 Å². The normalized spacial score (nSPS) is 9.17. The third kappa shape index (κ3) is 7.19. The molecule has 0 atom stereocenters. The van der Waals surface area contributed by atoms with E-state index in [9.17, 15) is 9.59 Å². The van der Waals surface area contributed by atoms with Gasteiger partial charge in [-0.1, -0.05) is 11.6 Å². The average molecular weight is 168 g/mol. The van der Waals surface area contributed by atoms with Crippen molar-refractivity contribution in [3.05, 3.63) is 11.6 Å². The fourth-order valence-electron chi connectivity index (χ4n) is 0.893. The highest BCUT2D eigenvalue weighted by atomic mass is 16.2. The van der Waals surface area contributed by atoms with Crippen molar-refractivity contribution in [1.29, 1.82) is 0 Å². The SMILES string of the molecule is CC(C)=CCCCCC(=O)C=O. The van der Waals surface area contributed by atoms with Crippen molar-refractivity contribution < 1.29 is 9.59 Å². The summed E-state index contributed by atoms with van der Waals surface area (Å²) in [5, 5.41) is 0. The molecule has 0 aliphatic rings. The summed E-state index contributed by atoms with van der Waals surface area (Å²) >= 11 is 0. The standard InChI is InChI=1S/C10H16O2/c1-9(2)6-4-3-5-7-10(12)8-11/h6,8H,3-5,7H2,1-2H3. The number of aldehydes is 1. The molecule has 0 rings (SSSR count). The van der Waals surface area contributed by atoms with Crippen molar-refractivity contribution in [3.63, 3.8) is 0 Å². The lowest BCUT2D eigenvalue weighted by atomic mass is 10.1. The summed E-state index contributed by atoms with van der Waals surface area (Å²) < 4.78 is 0. The highest BCUT2D eigenvalue weighted by Gasteiger charge is 1.96. The highest BCUT2D eigenvalue weighted by molar-refractivity contribution is 6.24. The Morgan fingerprint density at radius 3 is 2.42 bits per heavy atom. The van der Waals surface area contributed by atoms with Crippen LogP contribution in [0.4, 0.5) is 0 Å². The molecule has 12 heavy (non-hydrogen) atoms. The van der Waals surface area contributed by atoms with E-state index in [1.54, 1.807) is 0 Å². The number of carbonyl (C=O) groups is 2. The zero-order valence-corrected chi connectivity index (χ0v) is 7.80. The molecule has 0 aromatic heterocycles. The minimum Gasteiger partial charge on any atom is -0.295 e. The van der Waals surface area contributed by atoms with Crippen LogP contribution in [0.5, 0.6) is 0 Å². The Kier molecular flexibility index (Phi) is 6.25. The number of allylic oxidation sites excluding steroid dienone is 2. The van der Waals surface area contributed by atoms with E-state index in [1.165, 1.54) is 5.57 Å². The van der Waals surface area contributed by atoms with Gasteiger partial charge in [-0.2, -0.15) is 0 Å². The lowest BCUT2D eigenvalue weighted by molar-refractivity contribution is -0.129. The van der Waals surface area contributed by atoms with E-state index in [-0.39, 0.29) is 5.78 Å². The molecule has 0 amide bonds. The Balaban J connectivity index is 3.28. The molecule has 0 spiro atoms. The first kappa shape index (κ1) is 11.1. The summed E-state index contributed by atoms with van der Waals surface area (Å²) in [5.74, 6) is -0.285. The molecule has 0 fully saturated rings. The topological polar surface area (TPSA) is 34.1 Å². The molecule has 0 N–H and O–H groups in total. The Bertz CT molecular complexity index is 176. The van der Waals surface area contributed by atoms with Crippen molar-refractivity contribution >= 4 is 12.1 Å². The molecule has 0 unspecified atom stereocenters. The number of unbranched alkanes of at least 4 members (excludes halogenated alkanes) is 2. The molecule has 0 aliphatic heterocycles. The van der Waals surface area contributed by atoms with Gasteiger partial charge >= 0.3 is 0 Å². The Hall–Kier alpha value is -0.920. The molecule has 0 heterocycles. The van der Waals surface area contributed by atoms with Crippen LogP contribution in [0.3, 0.4) is 0 Å². The maximum atomic E-state index is 10.5. The van der Waals surface area contributed by atoms with Gasteiger partial charge in [0.2, 0.25) is 0 Å². The van der Waals surface area contributed by atoms with Gasteiger partial charge < -0.3 is 0 Å². The maximum absolute atomic E-state index is 10.5. The number of ketones is 1. The summed E-state index contributed by atoms with van der Waals surface area (Å²) in [5.41, 5.74) is 1.30. The van der Waals surface area contributed by atoms with Crippen molar-refractivity contribution in [2.45, 2.75) is 39.5 Å². The summed E-state index contributed by atoms with van der Waals surface area (Å²) in [6.45, 7) is 4.10. The number of rotatable bonds is 6. The summed E-state index contributed by atoms with van der Waals surface area (Å²) in [7, 11) is 0. The van der Waals surface area contributed by atoms with E-state index in [0.717, 1.165) is 19.3 Å². The number of hydrogen-bond acceptors (Lipinski definition) is 2. The van der Waals surface area contributed by atoms with Crippen molar-refractivity contribution in [2.24, 2.45) is 0 Å². The first-order valence-electron chi connectivity index (χ1n) is 4.28. The minimum absolute atomic E-state index is 0.285. The van der Waals surface area contributed by atoms with Gasteiger partial charge in [0.25, 0.3) is 0 Å². The van der Waals surface area contributed by atoms with E-state index in [1.807, 2.05) is 0 Å². The fourth-order valence-corrected chi connectivity index (χ4v) is 0.893. The Labute approximate surface area is 73.7 Å². The lowest BCUT2D eigenvalue weighted by Crippen LogP contribution is -1.97. The van der Waals surface area contributed by atoms with Crippen molar-refractivity contribution in [2.75, 3.05) is 0 Å². The molecule has 0 radical (unpaired) electrons. The van der Waals surface area contributed by atoms with Crippen LogP contribution in [0.15, 0.2) is 11.6 Å². The molecule has 0 aromatic rings. The Morgan fingerprint density at radius 1 is 1.25 bits per heavy atom. The number of Topliss-reactive ketones (excluding diaryl/α,β-unsaturated/α-hetero) is 1. The van der Waals surface area contributed by atoms with Crippen LogP contribution < -0.4 is 0 Å². The molecule has 0 aliphatic carbocycles. The van der Waals surface area contributed by atoms with Crippen LogP contribution in [0.2, 0.25) is 0 Å². The highest BCUT2D eigenvalue weighted by Crippen LogP contribution is 2.02. The molecule has 0 bridgehead atoms. The summed E-state index contributed by atoms with van der Waals surface area (Å²) in [4.78, 5) is 20.4. The first-order chi connectivity index (χ1) is 5.66. The molecular weight excluding hydrogens is 152 g/mol. The summed E-state index contributed by atoms with van der Waals surface area (Å²) in [6, 6.07) is 0. The molecule has 0 saturated heterocycles. The van der Waals surface area contributed by atoms with Crippen LogP contribution in [-0.4, -0.2) is 12.1 Å². The second-order valence-electron chi connectivity index (χ2n) is 3.11. The molecule has 2 heteroatoms. The monoisotopic (exact) mass is 168 g/mol. The van der Waals surface area contributed by atoms with Gasteiger partial charge in [-0.3, -0.25) is 9.59 Å². The van der Waals surface area contributed by atoms with Gasteiger partial charge in [0.1, 0.15) is 0 Å². The van der Waals surface area contributed by atoms with Gasteiger partial charge in [0, 0.05) is 6.42 Å². The Morgan fingerprint density at radius 2 is 1.92 bits per heavy atom. The zero-order valence-electron chi connectivity index (χ0n) is 7.80. The van der Waals surface area contributed by atoms with Crippen LogP contribution in [0.1, 0.15) is 39.5 Å². The smallest absolute Gasteiger partial charge is 0.195 e. The predicted octanol–water partition coefficient (Wildman–Crippen LogP) is 2.28. The molecule has 2 nitrogen and oxygen atoms in total. The molecule has 0 aromatic carbocycles. The first-order valence-corrected chi connectivity index (χ1v) is 4.28. The largest absolute Gasteiger partial charge is 0.295 e. The average Bonchev–Trinajstić information content (AvgIpc) is 2.03. The van der Waals surface area contributed by atoms with Gasteiger partial charge in [-0.15, -0.1) is 0 Å². The van der Waals surface area contributed by atoms with Crippen LogP contribution in [-0.2, 0) is 9.59 Å². The minimum atomic E-state index is -0.285. The van der Waals surface area contributed by atoms with Crippen molar-refractivity contribution in [1.82, 2.24) is 0 Å². The van der Waals surface area contributed by atoms with Gasteiger partial charge in [0.15, 0.2) is 12.1 Å². The predicted molar refractivity (Wildman–Crippen MR) is 49.0 cm³/mol. The van der Waals surface area contributed by atoms with E-state index in [4.69, 9.17) is 0 Å². The zero-order chi connectivity index (χ0) is 9.40. The maximum Gasteiger partial charge on any atom is 0.195 e. The quantitative estimate of drug-likeness (QED) is 0.264. The summed E-state index contributed by atoms with van der Waals surface area (Å²) in [6.07, 6.45) is 5.77. The molecule has 0 saturated carbocycles. The van der Waals surface area contributed by atoms with Gasteiger partial charge in [-0.25, -0.2) is 0 Å². The second kappa shape index (κ2) is 6.77.